The van der Waals surface area contributed by atoms with Gasteiger partial charge in [0.05, 0.1) is 0 Å². The van der Waals surface area contributed by atoms with Crippen molar-refractivity contribution in [3.8, 4) is 0 Å². The molecule has 1 aliphatic rings. The van der Waals surface area contributed by atoms with Crippen molar-refractivity contribution in [3.05, 3.63) is 28.8 Å². The molecule has 0 bridgehead atoms. The van der Waals surface area contributed by atoms with Crippen LogP contribution in [0.25, 0.3) is 0 Å². The van der Waals surface area contributed by atoms with Gasteiger partial charge in [0.25, 0.3) is 0 Å². The minimum atomic E-state index is 0.943. The highest BCUT2D eigenvalue weighted by Crippen LogP contribution is 2.27. The summed E-state index contributed by atoms with van der Waals surface area (Å²) in [5.41, 5.74) is 10.8. The second kappa shape index (κ2) is 1.75. The Bertz CT molecular complexity index is 236. The van der Waals surface area contributed by atoms with Gasteiger partial charge in [-0.05, 0) is 42.5 Å². The average Bonchev–Trinajstić information content (AvgIpc) is 1.89. The van der Waals surface area contributed by atoms with Crippen molar-refractivity contribution >= 4 is 5.69 Å². The predicted octanol–water partition coefficient (Wildman–Crippen LogP) is 1.68. The Morgan fingerprint density at radius 1 is 1.20 bits per heavy atom. The van der Waals surface area contributed by atoms with E-state index in [1.807, 2.05) is 0 Å². The number of anilines is 1. The summed E-state index contributed by atoms with van der Waals surface area (Å²) < 4.78 is 0. The van der Waals surface area contributed by atoms with Crippen LogP contribution in [-0.2, 0) is 12.8 Å². The van der Waals surface area contributed by atoms with Crippen molar-refractivity contribution in [2.24, 2.45) is 0 Å². The molecule has 1 heteroatoms. The lowest BCUT2D eigenvalue weighted by Gasteiger charge is -2.19. The third-order valence-electron chi connectivity index (χ3n) is 2.25. The Labute approximate surface area is 60.9 Å². The van der Waals surface area contributed by atoms with Crippen molar-refractivity contribution < 1.29 is 0 Å². The first kappa shape index (κ1) is 5.78. The zero-order valence-corrected chi connectivity index (χ0v) is 6.15. The van der Waals surface area contributed by atoms with Gasteiger partial charge < -0.3 is 5.73 Å². The Kier molecular flexibility index (Phi) is 1.01. The molecule has 1 aromatic carbocycles. The van der Waals surface area contributed by atoms with E-state index in [0.29, 0.717) is 0 Å². The highest BCUT2D eigenvalue weighted by molar-refractivity contribution is 5.54. The van der Waals surface area contributed by atoms with Gasteiger partial charge in [0.1, 0.15) is 0 Å². The molecule has 1 aliphatic carbocycles. The molecule has 52 valence electrons. The van der Waals surface area contributed by atoms with Crippen LogP contribution in [0, 0.1) is 6.92 Å². The number of nitrogen functional groups attached to an aromatic ring is 1. The van der Waals surface area contributed by atoms with Crippen LogP contribution >= 0.6 is 0 Å². The van der Waals surface area contributed by atoms with Crippen LogP contribution < -0.4 is 5.73 Å². The first-order valence-electron chi connectivity index (χ1n) is 3.65. The second-order valence-electron chi connectivity index (χ2n) is 2.98. The molecular weight excluding hydrogens is 122 g/mol. The third kappa shape index (κ3) is 0.635. The Hall–Kier alpha value is -0.980. The van der Waals surface area contributed by atoms with Crippen LogP contribution in [0.15, 0.2) is 12.1 Å². The first-order valence-corrected chi connectivity index (χ1v) is 3.65. The molecule has 0 radical (unpaired) electrons. The zero-order valence-electron chi connectivity index (χ0n) is 6.15. The van der Waals surface area contributed by atoms with Crippen LogP contribution in [0.3, 0.4) is 0 Å². The van der Waals surface area contributed by atoms with Crippen molar-refractivity contribution in [1.82, 2.24) is 0 Å². The van der Waals surface area contributed by atoms with Crippen molar-refractivity contribution in [2.45, 2.75) is 19.8 Å². The van der Waals surface area contributed by atoms with E-state index in [1.165, 1.54) is 29.5 Å². The monoisotopic (exact) mass is 133 g/mol. The lowest BCUT2D eigenvalue weighted by molar-refractivity contribution is 0.838. The summed E-state index contributed by atoms with van der Waals surface area (Å²) in [5, 5.41) is 0. The molecule has 0 fully saturated rings. The minimum Gasteiger partial charge on any atom is -0.399 e. The van der Waals surface area contributed by atoms with E-state index in [-0.39, 0.29) is 0 Å². The largest absolute Gasteiger partial charge is 0.399 e. The zero-order chi connectivity index (χ0) is 7.14. The van der Waals surface area contributed by atoms with Gasteiger partial charge in [-0.15, -0.1) is 0 Å². The van der Waals surface area contributed by atoms with Gasteiger partial charge in [0, 0.05) is 5.69 Å². The molecule has 1 nitrogen and oxygen atoms in total. The molecule has 0 atom stereocenters. The highest BCUT2D eigenvalue weighted by Gasteiger charge is 2.13. The highest BCUT2D eigenvalue weighted by atomic mass is 14.6. The van der Waals surface area contributed by atoms with E-state index >= 15 is 0 Å². The summed E-state index contributed by atoms with van der Waals surface area (Å²) >= 11 is 0. The molecule has 2 N–H and O–H groups in total. The molecule has 0 spiro atoms. The Balaban J connectivity index is 2.60. The maximum atomic E-state index is 5.72. The summed E-state index contributed by atoms with van der Waals surface area (Å²) in [7, 11) is 0. The molecule has 0 heterocycles. The van der Waals surface area contributed by atoms with Crippen molar-refractivity contribution in [2.75, 3.05) is 5.73 Å². The van der Waals surface area contributed by atoms with Gasteiger partial charge >= 0.3 is 0 Å². The number of benzene rings is 1. The minimum absolute atomic E-state index is 0.943. The van der Waals surface area contributed by atoms with E-state index < -0.39 is 0 Å². The van der Waals surface area contributed by atoms with E-state index in [1.54, 1.807) is 0 Å². The first-order chi connectivity index (χ1) is 4.77. The molecule has 10 heavy (non-hydrogen) atoms. The van der Waals surface area contributed by atoms with Crippen LogP contribution in [0.5, 0.6) is 0 Å². The molecule has 2 rings (SSSR count). The van der Waals surface area contributed by atoms with Gasteiger partial charge in [-0.25, -0.2) is 0 Å². The predicted molar refractivity (Wildman–Crippen MR) is 43.0 cm³/mol. The van der Waals surface area contributed by atoms with E-state index in [9.17, 15) is 0 Å². The second-order valence-corrected chi connectivity index (χ2v) is 2.98. The van der Waals surface area contributed by atoms with Gasteiger partial charge in [-0.2, -0.15) is 0 Å². The molecule has 0 aliphatic heterocycles. The number of hydrogen-bond donors (Lipinski definition) is 1. The molecule has 1 aromatic rings. The van der Waals surface area contributed by atoms with Crippen LogP contribution in [-0.4, -0.2) is 0 Å². The van der Waals surface area contributed by atoms with E-state index in [0.717, 1.165) is 5.69 Å². The summed E-state index contributed by atoms with van der Waals surface area (Å²) in [6.07, 6.45) is 2.47. The third-order valence-corrected chi connectivity index (χ3v) is 2.25. The SMILES string of the molecule is Cc1cc2c(cc1N)CC2. The Morgan fingerprint density at radius 2 is 1.80 bits per heavy atom. The molecule has 0 saturated heterocycles. The van der Waals surface area contributed by atoms with Gasteiger partial charge in [-0.1, -0.05) is 6.07 Å². The molecule has 0 saturated carbocycles. The lowest BCUT2D eigenvalue weighted by Crippen LogP contribution is -2.09. The van der Waals surface area contributed by atoms with Crippen LogP contribution in [0.2, 0.25) is 0 Å². The van der Waals surface area contributed by atoms with Gasteiger partial charge in [-0.3, -0.25) is 0 Å². The fourth-order valence-corrected chi connectivity index (χ4v) is 1.39. The van der Waals surface area contributed by atoms with Crippen molar-refractivity contribution in [3.63, 3.8) is 0 Å². The number of rotatable bonds is 0. The fraction of sp³-hybridized carbons (Fsp3) is 0.333. The summed E-state index contributed by atoms with van der Waals surface area (Å²) in [6, 6.07) is 4.31. The summed E-state index contributed by atoms with van der Waals surface area (Å²) in [6.45, 7) is 2.06. The summed E-state index contributed by atoms with van der Waals surface area (Å²) in [4.78, 5) is 0. The number of nitrogens with two attached hydrogens (primary N) is 1. The van der Waals surface area contributed by atoms with Crippen LogP contribution in [0.1, 0.15) is 16.7 Å². The smallest absolute Gasteiger partial charge is 0.0346 e. The van der Waals surface area contributed by atoms with E-state index in [2.05, 4.69) is 19.1 Å². The van der Waals surface area contributed by atoms with Crippen LogP contribution in [0.4, 0.5) is 5.69 Å². The normalized spacial score (nSPS) is 14.1. The molecule has 0 unspecified atom stereocenters. The molecule has 0 amide bonds. The lowest BCUT2D eigenvalue weighted by atomic mass is 9.87. The number of hydrogen-bond acceptors (Lipinski definition) is 1. The standard InChI is InChI=1S/C9H11N/c1-6-4-7-2-3-8(7)5-9(6)10/h4-5H,2-3,10H2,1H3. The molecular formula is C9H11N. The number of aryl methyl sites for hydroxylation is 3. The maximum absolute atomic E-state index is 5.72. The Morgan fingerprint density at radius 3 is 2.30 bits per heavy atom. The van der Waals surface area contributed by atoms with Crippen molar-refractivity contribution in [1.29, 1.82) is 0 Å². The fourth-order valence-electron chi connectivity index (χ4n) is 1.39. The quantitative estimate of drug-likeness (QED) is 0.535. The maximum Gasteiger partial charge on any atom is 0.0346 e. The topological polar surface area (TPSA) is 26.0 Å². The number of fused-ring (bicyclic) bond motifs is 1. The molecule has 0 aromatic heterocycles. The van der Waals surface area contributed by atoms with Gasteiger partial charge in [0.15, 0.2) is 0 Å². The summed E-state index contributed by atoms with van der Waals surface area (Å²) in [5.74, 6) is 0. The van der Waals surface area contributed by atoms with E-state index in [4.69, 9.17) is 5.73 Å². The average molecular weight is 133 g/mol. The van der Waals surface area contributed by atoms with Gasteiger partial charge in [0.2, 0.25) is 0 Å².